The zero-order valence-corrected chi connectivity index (χ0v) is 11.3. The Morgan fingerprint density at radius 3 is 2.71 bits per heavy atom. The highest BCUT2D eigenvalue weighted by atomic mass is 16.5. The molecule has 0 unspecified atom stereocenters. The van der Waals surface area contributed by atoms with Gasteiger partial charge in [-0.3, -0.25) is 0 Å². The number of carboxylic acid groups (broad SMARTS) is 1. The van der Waals surface area contributed by atoms with Crippen LogP contribution < -0.4 is 14.8 Å². The fourth-order valence-corrected chi connectivity index (χ4v) is 2.05. The lowest BCUT2D eigenvalue weighted by molar-refractivity contribution is 0.0660. The van der Waals surface area contributed by atoms with Gasteiger partial charge in [0.25, 0.3) is 0 Å². The number of nitrogens with one attached hydrogen (secondary N) is 1. The molecule has 0 amide bonds. The van der Waals surface area contributed by atoms with Crippen molar-refractivity contribution in [1.29, 1.82) is 0 Å². The molecular formula is C15H15NO5. The van der Waals surface area contributed by atoms with Crippen molar-refractivity contribution in [2.45, 2.75) is 13.0 Å². The molecule has 3 rings (SSSR count). The molecular weight excluding hydrogens is 274 g/mol. The van der Waals surface area contributed by atoms with E-state index in [1.165, 1.54) is 6.07 Å². The predicted molar refractivity (Wildman–Crippen MR) is 75.0 cm³/mol. The van der Waals surface area contributed by atoms with Gasteiger partial charge in [0.15, 0.2) is 11.5 Å². The van der Waals surface area contributed by atoms with Crippen molar-refractivity contribution in [2.75, 3.05) is 18.5 Å². The van der Waals surface area contributed by atoms with Crippen LogP contribution in [0.4, 0.5) is 5.69 Å². The summed E-state index contributed by atoms with van der Waals surface area (Å²) in [4.78, 5) is 10.7. The molecule has 6 nitrogen and oxygen atoms in total. The summed E-state index contributed by atoms with van der Waals surface area (Å²) in [5, 5.41) is 12.0. The molecule has 1 aromatic heterocycles. The van der Waals surface area contributed by atoms with Gasteiger partial charge in [-0.25, -0.2) is 4.79 Å². The van der Waals surface area contributed by atoms with Crippen LogP contribution in [-0.4, -0.2) is 24.3 Å². The molecule has 2 heterocycles. The Labute approximate surface area is 121 Å². The first-order valence-corrected chi connectivity index (χ1v) is 6.68. The van der Waals surface area contributed by atoms with E-state index in [1.807, 2.05) is 18.2 Å². The van der Waals surface area contributed by atoms with Gasteiger partial charge in [-0.05, 0) is 24.3 Å². The molecule has 0 fully saturated rings. The molecule has 2 N–H and O–H groups in total. The topological polar surface area (TPSA) is 80.9 Å². The van der Waals surface area contributed by atoms with Crippen LogP contribution >= 0.6 is 0 Å². The lowest BCUT2D eigenvalue weighted by atomic mass is 10.2. The Kier molecular flexibility index (Phi) is 3.68. The average Bonchev–Trinajstić information content (AvgIpc) is 2.84. The molecule has 0 saturated carbocycles. The first-order chi connectivity index (χ1) is 10.2. The van der Waals surface area contributed by atoms with Gasteiger partial charge in [-0.2, -0.15) is 0 Å². The monoisotopic (exact) mass is 289 g/mol. The standard InChI is InChI=1S/C15H15NO5/c17-15(18)13-5-3-11(21-13)9-16-10-2-4-12-14(8-10)20-7-1-6-19-12/h2-5,8,16H,1,6-7,9H2,(H,17,18). The minimum atomic E-state index is -1.07. The van der Waals surface area contributed by atoms with E-state index in [0.717, 1.165) is 17.9 Å². The Balaban J connectivity index is 1.67. The lowest BCUT2D eigenvalue weighted by Gasteiger charge is -2.10. The van der Waals surface area contributed by atoms with Crippen LogP contribution in [0, 0.1) is 0 Å². The second kappa shape index (κ2) is 5.78. The first-order valence-electron chi connectivity index (χ1n) is 6.68. The van der Waals surface area contributed by atoms with E-state index in [-0.39, 0.29) is 5.76 Å². The van der Waals surface area contributed by atoms with Crippen LogP contribution in [0.2, 0.25) is 0 Å². The van der Waals surface area contributed by atoms with E-state index in [1.54, 1.807) is 6.07 Å². The van der Waals surface area contributed by atoms with E-state index in [2.05, 4.69) is 5.32 Å². The number of ether oxygens (including phenoxy) is 2. The van der Waals surface area contributed by atoms with Crippen LogP contribution in [0.15, 0.2) is 34.7 Å². The second-order valence-corrected chi connectivity index (χ2v) is 4.64. The molecule has 0 spiro atoms. The van der Waals surface area contributed by atoms with E-state index in [9.17, 15) is 4.79 Å². The Morgan fingerprint density at radius 1 is 1.14 bits per heavy atom. The number of fused-ring (bicyclic) bond motifs is 1. The van der Waals surface area contributed by atoms with E-state index in [4.69, 9.17) is 19.0 Å². The minimum absolute atomic E-state index is 0.0644. The largest absolute Gasteiger partial charge is 0.490 e. The smallest absolute Gasteiger partial charge is 0.371 e. The maximum absolute atomic E-state index is 10.7. The number of anilines is 1. The minimum Gasteiger partial charge on any atom is -0.490 e. The van der Waals surface area contributed by atoms with Crippen LogP contribution in [0.25, 0.3) is 0 Å². The molecule has 1 aromatic carbocycles. The van der Waals surface area contributed by atoms with Gasteiger partial charge < -0.3 is 24.3 Å². The Morgan fingerprint density at radius 2 is 1.95 bits per heavy atom. The van der Waals surface area contributed by atoms with Gasteiger partial charge in [-0.15, -0.1) is 0 Å². The van der Waals surface area contributed by atoms with Crippen LogP contribution in [0.3, 0.4) is 0 Å². The van der Waals surface area contributed by atoms with Crippen molar-refractivity contribution in [3.8, 4) is 11.5 Å². The first kappa shape index (κ1) is 13.4. The number of benzene rings is 1. The molecule has 6 heteroatoms. The number of carbonyl (C=O) groups is 1. The molecule has 0 aliphatic carbocycles. The van der Waals surface area contributed by atoms with Crippen molar-refractivity contribution < 1.29 is 23.8 Å². The highest BCUT2D eigenvalue weighted by molar-refractivity contribution is 5.84. The van der Waals surface area contributed by atoms with E-state index >= 15 is 0 Å². The number of hydrogen-bond acceptors (Lipinski definition) is 5. The van der Waals surface area contributed by atoms with Crippen molar-refractivity contribution in [3.05, 3.63) is 41.9 Å². The van der Waals surface area contributed by atoms with Gasteiger partial charge in [0.05, 0.1) is 19.8 Å². The van der Waals surface area contributed by atoms with Crippen LogP contribution in [0.1, 0.15) is 22.7 Å². The van der Waals surface area contributed by atoms with Gasteiger partial charge in [0.1, 0.15) is 5.76 Å². The van der Waals surface area contributed by atoms with Gasteiger partial charge >= 0.3 is 5.97 Å². The maximum atomic E-state index is 10.7. The number of aromatic carboxylic acids is 1. The molecule has 21 heavy (non-hydrogen) atoms. The molecule has 0 bridgehead atoms. The van der Waals surface area contributed by atoms with E-state index in [0.29, 0.717) is 31.3 Å². The zero-order valence-electron chi connectivity index (χ0n) is 11.3. The molecule has 2 aromatic rings. The molecule has 0 atom stereocenters. The third-order valence-electron chi connectivity index (χ3n) is 3.09. The summed E-state index contributed by atoms with van der Waals surface area (Å²) in [6.07, 6.45) is 0.863. The van der Waals surface area contributed by atoms with Gasteiger partial charge in [-0.1, -0.05) is 0 Å². The Bertz CT molecular complexity index is 649. The lowest BCUT2D eigenvalue weighted by Crippen LogP contribution is -2.00. The summed E-state index contributed by atoms with van der Waals surface area (Å²) >= 11 is 0. The zero-order chi connectivity index (χ0) is 14.7. The van der Waals surface area contributed by atoms with Crippen molar-refractivity contribution in [2.24, 2.45) is 0 Å². The maximum Gasteiger partial charge on any atom is 0.371 e. The molecule has 1 aliphatic rings. The Hall–Kier alpha value is -2.63. The quantitative estimate of drug-likeness (QED) is 0.900. The number of rotatable bonds is 4. The van der Waals surface area contributed by atoms with Gasteiger partial charge in [0.2, 0.25) is 5.76 Å². The highest BCUT2D eigenvalue weighted by Crippen LogP contribution is 2.32. The summed E-state index contributed by atoms with van der Waals surface area (Å²) in [5.74, 6) is 0.870. The normalized spacial score (nSPS) is 13.5. The fraction of sp³-hybridized carbons (Fsp3) is 0.267. The summed E-state index contributed by atoms with van der Waals surface area (Å²) in [6, 6.07) is 8.68. The molecule has 1 aliphatic heterocycles. The van der Waals surface area contributed by atoms with Crippen LogP contribution in [-0.2, 0) is 6.54 Å². The van der Waals surface area contributed by atoms with Crippen molar-refractivity contribution in [3.63, 3.8) is 0 Å². The number of carboxylic acids is 1. The van der Waals surface area contributed by atoms with Gasteiger partial charge in [0, 0.05) is 18.2 Å². The number of furan rings is 1. The average molecular weight is 289 g/mol. The number of hydrogen-bond donors (Lipinski definition) is 2. The summed E-state index contributed by atoms with van der Waals surface area (Å²) < 4.78 is 16.4. The van der Waals surface area contributed by atoms with Crippen molar-refractivity contribution >= 4 is 11.7 Å². The SMILES string of the molecule is O=C(O)c1ccc(CNc2ccc3c(c2)OCCCO3)o1. The predicted octanol–water partition coefficient (Wildman–Crippen LogP) is 2.75. The fourth-order valence-electron chi connectivity index (χ4n) is 2.05. The third kappa shape index (κ3) is 3.10. The summed E-state index contributed by atoms with van der Waals surface area (Å²) in [5.41, 5.74) is 0.854. The summed E-state index contributed by atoms with van der Waals surface area (Å²) in [6.45, 7) is 1.69. The third-order valence-corrected chi connectivity index (χ3v) is 3.09. The summed E-state index contributed by atoms with van der Waals surface area (Å²) in [7, 11) is 0. The highest BCUT2D eigenvalue weighted by Gasteiger charge is 2.11. The van der Waals surface area contributed by atoms with Crippen molar-refractivity contribution in [1.82, 2.24) is 0 Å². The van der Waals surface area contributed by atoms with E-state index < -0.39 is 5.97 Å². The van der Waals surface area contributed by atoms with Crippen LogP contribution in [0.5, 0.6) is 11.5 Å². The molecule has 0 radical (unpaired) electrons. The second-order valence-electron chi connectivity index (χ2n) is 4.64. The molecule has 0 saturated heterocycles. The molecule has 110 valence electrons.